The fourth-order valence-corrected chi connectivity index (χ4v) is 1.73. The topological polar surface area (TPSA) is 43.1 Å². The van der Waals surface area contributed by atoms with E-state index >= 15 is 0 Å². The van der Waals surface area contributed by atoms with Crippen LogP contribution in [-0.4, -0.2) is 5.91 Å². The molecule has 1 amide bonds. The highest BCUT2D eigenvalue weighted by Crippen LogP contribution is 1.96. The van der Waals surface area contributed by atoms with E-state index in [2.05, 4.69) is 67.7 Å². The Morgan fingerprint density at radius 2 is 1.00 bits per heavy atom. The van der Waals surface area contributed by atoms with Crippen molar-refractivity contribution < 1.29 is 4.79 Å². The molecule has 24 heavy (non-hydrogen) atoms. The molecule has 0 heterocycles. The van der Waals surface area contributed by atoms with E-state index in [0.717, 1.165) is 38.5 Å². The van der Waals surface area contributed by atoms with E-state index in [1.54, 1.807) is 6.08 Å². The maximum Gasteiger partial charge on any atom is 0.241 e. The summed E-state index contributed by atoms with van der Waals surface area (Å²) in [7, 11) is 0. The van der Waals surface area contributed by atoms with Gasteiger partial charge in [-0.25, -0.2) is 0 Å². The number of rotatable bonds is 13. The molecule has 0 aromatic rings. The molecular weight excluding hydrogens is 294 g/mol. The van der Waals surface area contributed by atoms with E-state index in [1.807, 2.05) is 12.2 Å². The van der Waals surface area contributed by atoms with Gasteiger partial charge in [-0.05, 0) is 38.5 Å². The molecule has 0 bridgehead atoms. The van der Waals surface area contributed by atoms with Crippen LogP contribution >= 0.6 is 0 Å². The molecule has 2 heteroatoms. The Balaban J connectivity index is 3.58. The third-order valence-corrected chi connectivity index (χ3v) is 2.94. The van der Waals surface area contributed by atoms with Crippen molar-refractivity contribution in [1.29, 1.82) is 0 Å². The average molecular weight is 325 g/mol. The SMILES string of the molecule is CCC=CCC=CCC=CCC=CCC=CCC=CC=CC(N)=O. The Hall–Kier alpha value is -2.35. The number of hydrogen-bond donors (Lipinski definition) is 1. The van der Waals surface area contributed by atoms with Crippen LogP contribution in [-0.2, 0) is 4.79 Å². The van der Waals surface area contributed by atoms with Crippen LogP contribution in [0.1, 0.15) is 45.4 Å². The van der Waals surface area contributed by atoms with Crippen molar-refractivity contribution in [3.05, 3.63) is 85.1 Å². The monoisotopic (exact) mass is 325 g/mol. The first-order chi connectivity index (χ1) is 11.8. The van der Waals surface area contributed by atoms with Crippen LogP contribution in [0.3, 0.4) is 0 Å². The fraction of sp³-hybridized carbons (Fsp3) is 0.318. The minimum absolute atomic E-state index is 0.422. The summed E-state index contributed by atoms with van der Waals surface area (Å²) in [5.41, 5.74) is 4.98. The van der Waals surface area contributed by atoms with Crippen molar-refractivity contribution in [3.63, 3.8) is 0 Å². The molecule has 0 atom stereocenters. The van der Waals surface area contributed by atoms with Crippen molar-refractivity contribution in [1.82, 2.24) is 0 Å². The highest BCUT2D eigenvalue weighted by Gasteiger charge is 1.77. The summed E-state index contributed by atoms with van der Waals surface area (Å²) in [6.07, 6.45) is 34.5. The molecule has 2 nitrogen and oxygen atoms in total. The molecule has 0 aliphatic carbocycles. The maximum atomic E-state index is 10.5. The van der Waals surface area contributed by atoms with E-state index in [4.69, 9.17) is 5.73 Å². The second-order valence-corrected chi connectivity index (χ2v) is 5.13. The van der Waals surface area contributed by atoms with Gasteiger partial charge in [-0.1, -0.05) is 85.9 Å². The molecule has 0 rings (SSSR count). The number of primary amides is 1. The molecule has 0 saturated heterocycles. The van der Waals surface area contributed by atoms with Gasteiger partial charge in [0.1, 0.15) is 0 Å². The van der Waals surface area contributed by atoms with Crippen molar-refractivity contribution >= 4 is 5.91 Å². The van der Waals surface area contributed by atoms with Gasteiger partial charge in [-0.15, -0.1) is 0 Å². The van der Waals surface area contributed by atoms with Crippen molar-refractivity contribution in [3.8, 4) is 0 Å². The Morgan fingerprint density at radius 3 is 1.38 bits per heavy atom. The lowest BCUT2D eigenvalue weighted by atomic mass is 10.2. The van der Waals surface area contributed by atoms with Crippen LogP contribution < -0.4 is 5.73 Å². The van der Waals surface area contributed by atoms with Crippen LogP contribution in [0.15, 0.2) is 85.1 Å². The van der Waals surface area contributed by atoms with Gasteiger partial charge in [0.15, 0.2) is 0 Å². The third-order valence-electron chi connectivity index (χ3n) is 2.94. The first-order valence-corrected chi connectivity index (χ1v) is 8.65. The normalized spacial score (nSPS) is 13.4. The second kappa shape index (κ2) is 18.7. The summed E-state index contributed by atoms with van der Waals surface area (Å²) in [6, 6.07) is 0. The smallest absolute Gasteiger partial charge is 0.241 e. The van der Waals surface area contributed by atoms with Crippen LogP contribution in [0.5, 0.6) is 0 Å². The number of carbonyl (C=O) groups is 1. The van der Waals surface area contributed by atoms with Gasteiger partial charge in [0.25, 0.3) is 0 Å². The first kappa shape index (κ1) is 21.6. The molecule has 0 fully saturated rings. The standard InChI is InChI=1S/C22H31NO/c1-2-3-4-5-6-7-8-9-10-11-12-13-14-15-16-17-18-19-20-21-22(23)24/h3-4,6-7,9-10,12-13,15-16,18-21H,2,5,8,11,14,17H2,1H3,(H2,23,24). The van der Waals surface area contributed by atoms with Crippen molar-refractivity contribution in [2.24, 2.45) is 5.73 Å². The summed E-state index contributed by atoms with van der Waals surface area (Å²) in [5, 5.41) is 0. The maximum absolute atomic E-state index is 10.5. The minimum Gasteiger partial charge on any atom is -0.366 e. The second-order valence-electron chi connectivity index (χ2n) is 5.13. The summed E-state index contributed by atoms with van der Waals surface area (Å²) >= 11 is 0. The summed E-state index contributed by atoms with van der Waals surface area (Å²) in [5.74, 6) is -0.422. The van der Waals surface area contributed by atoms with Gasteiger partial charge in [0.05, 0.1) is 0 Å². The third kappa shape index (κ3) is 19.7. The van der Waals surface area contributed by atoms with Gasteiger partial charge in [0, 0.05) is 6.08 Å². The van der Waals surface area contributed by atoms with Gasteiger partial charge < -0.3 is 5.73 Å². The Bertz CT molecular complexity index is 502. The van der Waals surface area contributed by atoms with E-state index in [-0.39, 0.29) is 0 Å². The number of nitrogens with two attached hydrogens (primary N) is 1. The quantitative estimate of drug-likeness (QED) is 0.262. The molecule has 0 radical (unpaired) electrons. The molecule has 0 aromatic heterocycles. The summed E-state index contributed by atoms with van der Waals surface area (Å²) in [6.45, 7) is 2.15. The zero-order chi connectivity index (χ0) is 17.7. The largest absolute Gasteiger partial charge is 0.366 e. The molecule has 0 aromatic carbocycles. The van der Waals surface area contributed by atoms with E-state index in [1.165, 1.54) is 6.08 Å². The Labute approximate surface area is 147 Å². The molecule has 0 unspecified atom stereocenters. The summed E-state index contributed by atoms with van der Waals surface area (Å²) < 4.78 is 0. The Kier molecular flexibility index (Phi) is 16.9. The number of hydrogen-bond acceptors (Lipinski definition) is 1. The molecule has 0 aliphatic heterocycles. The van der Waals surface area contributed by atoms with Crippen molar-refractivity contribution in [2.45, 2.75) is 45.4 Å². The lowest BCUT2D eigenvalue weighted by Gasteiger charge is -1.85. The number of amides is 1. The van der Waals surface area contributed by atoms with Crippen molar-refractivity contribution in [2.75, 3.05) is 0 Å². The highest BCUT2D eigenvalue weighted by molar-refractivity contribution is 5.85. The van der Waals surface area contributed by atoms with E-state index in [9.17, 15) is 4.79 Å². The van der Waals surface area contributed by atoms with Gasteiger partial charge in [-0.3, -0.25) is 4.79 Å². The highest BCUT2D eigenvalue weighted by atomic mass is 16.1. The van der Waals surface area contributed by atoms with Gasteiger partial charge >= 0.3 is 0 Å². The predicted octanol–water partition coefficient (Wildman–Crippen LogP) is 5.73. The molecular formula is C22H31NO. The first-order valence-electron chi connectivity index (χ1n) is 8.65. The molecule has 130 valence electrons. The van der Waals surface area contributed by atoms with E-state index in [0.29, 0.717) is 0 Å². The molecule has 0 saturated carbocycles. The lowest BCUT2D eigenvalue weighted by molar-refractivity contribution is -0.113. The molecule has 2 N–H and O–H groups in total. The summed E-state index contributed by atoms with van der Waals surface area (Å²) in [4.78, 5) is 10.5. The van der Waals surface area contributed by atoms with Crippen LogP contribution in [0, 0.1) is 0 Å². The number of carbonyl (C=O) groups excluding carboxylic acids is 1. The zero-order valence-corrected chi connectivity index (χ0v) is 14.8. The minimum atomic E-state index is -0.422. The van der Waals surface area contributed by atoms with Crippen LogP contribution in [0.4, 0.5) is 0 Å². The fourth-order valence-electron chi connectivity index (χ4n) is 1.73. The van der Waals surface area contributed by atoms with Gasteiger partial charge in [-0.2, -0.15) is 0 Å². The number of allylic oxidation sites excluding steroid dienone is 13. The molecule has 0 spiro atoms. The zero-order valence-electron chi connectivity index (χ0n) is 14.8. The lowest BCUT2D eigenvalue weighted by Crippen LogP contribution is -2.04. The molecule has 0 aliphatic rings. The predicted molar refractivity (Wildman–Crippen MR) is 107 cm³/mol. The van der Waals surface area contributed by atoms with E-state index < -0.39 is 5.91 Å². The Morgan fingerprint density at radius 1 is 0.625 bits per heavy atom. The van der Waals surface area contributed by atoms with Crippen LogP contribution in [0.2, 0.25) is 0 Å². The van der Waals surface area contributed by atoms with Crippen LogP contribution in [0.25, 0.3) is 0 Å². The average Bonchev–Trinajstić information content (AvgIpc) is 2.56. The van der Waals surface area contributed by atoms with Gasteiger partial charge in [0.2, 0.25) is 5.91 Å².